The first kappa shape index (κ1) is 22.5. The molecule has 31 heavy (non-hydrogen) atoms. The van der Waals surface area contributed by atoms with Gasteiger partial charge in [0.25, 0.3) is 5.91 Å². The lowest BCUT2D eigenvalue weighted by atomic mass is 9.78. The van der Waals surface area contributed by atoms with Crippen LogP contribution in [0.2, 0.25) is 0 Å². The molecule has 6 nitrogen and oxygen atoms in total. The Bertz CT molecular complexity index is 805. The molecule has 1 aromatic carbocycles. The van der Waals surface area contributed by atoms with Crippen molar-refractivity contribution in [3.8, 4) is 0 Å². The van der Waals surface area contributed by atoms with E-state index in [4.69, 9.17) is 18.9 Å². The van der Waals surface area contributed by atoms with E-state index in [1.54, 1.807) is 6.08 Å². The first-order valence-corrected chi connectivity index (χ1v) is 11.4. The van der Waals surface area contributed by atoms with E-state index < -0.39 is 11.4 Å². The number of carbonyl (C=O) groups excluding carboxylic acids is 1. The van der Waals surface area contributed by atoms with Gasteiger partial charge < -0.3 is 24.3 Å². The monoisotopic (exact) mass is 429 g/mol. The number of hydrogen-bond donors (Lipinski definition) is 1. The summed E-state index contributed by atoms with van der Waals surface area (Å²) < 4.78 is 24.9. The Kier molecular flexibility index (Phi) is 6.54. The zero-order valence-electron chi connectivity index (χ0n) is 18.9. The first-order chi connectivity index (χ1) is 14.8. The molecule has 2 saturated carbocycles. The number of rotatable bonds is 9. The quantitative estimate of drug-likeness (QED) is 0.607. The predicted octanol–water partition coefficient (Wildman–Crippen LogP) is 3.66. The van der Waals surface area contributed by atoms with Crippen LogP contribution < -0.4 is 5.32 Å². The van der Waals surface area contributed by atoms with Gasteiger partial charge in [0.05, 0.1) is 25.4 Å². The summed E-state index contributed by atoms with van der Waals surface area (Å²) in [7, 11) is 0. The molecule has 0 bridgehead atoms. The molecule has 1 heterocycles. The van der Waals surface area contributed by atoms with E-state index in [9.17, 15) is 4.79 Å². The largest absolute Gasteiger partial charge is 0.371 e. The predicted molar refractivity (Wildman–Crippen MR) is 117 cm³/mol. The number of carbonyl (C=O) groups is 1. The van der Waals surface area contributed by atoms with Crippen molar-refractivity contribution in [3.05, 3.63) is 48.0 Å². The molecule has 3 aliphatic rings. The molecule has 1 saturated heterocycles. The summed E-state index contributed by atoms with van der Waals surface area (Å²) in [4.78, 5) is 13.5. The zero-order valence-corrected chi connectivity index (χ0v) is 18.9. The lowest BCUT2D eigenvalue weighted by Crippen LogP contribution is -2.60. The van der Waals surface area contributed by atoms with E-state index in [1.165, 1.54) is 18.4 Å². The maximum absolute atomic E-state index is 13.5. The molecule has 2 aliphatic carbocycles. The smallest absolute Gasteiger partial charge is 0.252 e. The van der Waals surface area contributed by atoms with Gasteiger partial charge in [-0.15, -0.1) is 6.58 Å². The van der Waals surface area contributed by atoms with Crippen LogP contribution in [-0.2, 0) is 30.3 Å². The van der Waals surface area contributed by atoms with Crippen LogP contribution in [0.25, 0.3) is 0 Å². The van der Waals surface area contributed by atoms with E-state index in [0.29, 0.717) is 38.5 Å². The van der Waals surface area contributed by atoms with Crippen molar-refractivity contribution in [1.82, 2.24) is 5.32 Å². The SMILES string of the molecule is C=CCOC1C[C@](OCc2cccc(C)c2)(C(=O)NCC2CC2)C[C@H]2OC(C)(C)O[C@@H]12. The minimum absolute atomic E-state index is 0.0778. The summed E-state index contributed by atoms with van der Waals surface area (Å²) in [6.45, 7) is 11.1. The Balaban J connectivity index is 1.57. The molecule has 0 radical (unpaired) electrons. The molecule has 1 amide bonds. The highest BCUT2D eigenvalue weighted by Gasteiger charge is 2.58. The van der Waals surface area contributed by atoms with Gasteiger partial charge in [0.1, 0.15) is 6.10 Å². The number of ether oxygens (including phenoxy) is 4. The molecule has 1 aromatic rings. The van der Waals surface area contributed by atoms with Crippen LogP contribution in [-0.4, -0.2) is 48.8 Å². The highest BCUT2D eigenvalue weighted by molar-refractivity contribution is 5.85. The second-order valence-corrected chi connectivity index (χ2v) is 9.63. The van der Waals surface area contributed by atoms with Crippen LogP contribution >= 0.6 is 0 Å². The van der Waals surface area contributed by atoms with Gasteiger partial charge in [-0.3, -0.25) is 4.79 Å². The average Bonchev–Trinajstić information content (AvgIpc) is 3.50. The van der Waals surface area contributed by atoms with E-state index in [2.05, 4.69) is 31.0 Å². The Labute approximate surface area is 185 Å². The molecule has 4 atom stereocenters. The van der Waals surface area contributed by atoms with Gasteiger partial charge in [0, 0.05) is 19.4 Å². The fourth-order valence-electron chi connectivity index (χ4n) is 4.64. The third kappa shape index (κ3) is 5.37. The molecule has 3 fully saturated rings. The number of fused-ring (bicyclic) bond motifs is 1. The van der Waals surface area contributed by atoms with Gasteiger partial charge in [-0.25, -0.2) is 0 Å². The van der Waals surface area contributed by atoms with Gasteiger partial charge in [0.2, 0.25) is 0 Å². The fourth-order valence-corrected chi connectivity index (χ4v) is 4.64. The Morgan fingerprint density at radius 3 is 2.81 bits per heavy atom. The van der Waals surface area contributed by atoms with E-state index in [0.717, 1.165) is 5.56 Å². The van der Waals surface area contributed by atoms with Crippen LogP contribution in [0.4, 0.5) is 0 Å². The summed E-state index contributed by atoms with van der Waals surface area (Å²) in [5, 5.41) is 3.14. The van der Waals surface area contributed by atoms with E-state index >= 15 is 0 Å². The number of aryl methyl sites for hydroxylation is 1. The molecule has 6 heteroatoms. The van der Waals surface area contributed by atoms with E-state index in [-0.39, 0.29) is 24.2 Å². The lowest BCUT2D eigenvalue weighted by Gasteiger charge is -2.43. The topological polar surface area (TPSA) is 66.0 Å². The van der Waals surface area contributed by atoms with Gasteiger partial charge in [-0.05, 0) is 45.1 Å². The molecule has 1 aliphatic heterocycles. The molecule has 170 valence electrons. The Morgan fingerprint density at radius 2 is 2.10 bits per heavy atom. The Hall–Kier alpha value is -1.73. The molecule has 0 spiro atoms. The molecule has 1 N–H and O–H groups in total. The van der Waals surface area contributed by atoms with Gasteiger partial charge >= 0.3 is 0 Å². The third-order valence-corrected chi connectivity index (χ3v) is 6.34. The van der Waals surface area contributed by atoms with E-state index in [1.807, 2.05) is 26.0 Å². The number of hydrogen-bond acceptors (Lipinski definition) is 5. The fraction of sp³-hybridized carbons (Fsp3) is 0.640. The van der Waals surface area contributed by atoms with Crippen molar-refractivity contribution in [3.63, 3.8) is 0 Å². The van der Waals surface area contributed by atoms with Gasteiger partial charge in [0.15, 0.2) is 11.4 Å². The maximum Gasteiger partial charge on any atom is 0.252 e. The number of benzene rings is 1. The van der Waals surface area contributed by atoms with Crippen molar-refractivity contribution < 1.29 is 23.7 Å². The number of amides is 1. The number of nitrogens with one attached hydrogen (secondary N) is 1. The lowest BCUT2D eigenvalue weighted by molar-refractivity contribution is -0.180. The molecule has 0 aromatic heterocycles. The van der Waals surface area contributed by atoms with Crippen LogP contribution in [0, 0.1) is 12.8 Å². The molecular formula is C25H35NO5. The third-order valence-electron chi connectivity index (χ3n) is 6.34. The minimum Gasteiger partial charge on any atom is -0.371 e. The van der Waals surface area contributed by atoms with Crippen molar-refractivity contribution in [2.24, 2.45) is 5.92 Å². The van der Waals surface area contributed by atoms with Crippen LogP contribution in [0.5, 0.6) is 0 Å². The summed E-state index contributed by atoms with van der Waals surface area (Å²) in [5.74, 6) is -0.208. The summed E-state index contributed by atoms with van der Waals surface area (Å²) in [6.07, 6.45) is 4.11. The van der Waals surface area contributed by atoms with Crippen molar-refractivity contribution >= 4 is 5.91 Å². The maximum atomic E-state index is 13.5. The molecule has 1 unspecified atom stereocenters. The minimum atomic E-state index is -1.03. The standard InChI is InChI=1S/C25H35NO5/c1-5-11-28-20-13-25(23(27)26-15-18-9-10-18,14-21-22(20)31-24(3,4)30-21)29-16-19-8-6-7-17(2)12-19/h5-8,12,18,20-22H,1,9-11,13-16H2,2-4H3,(H,26,27)/t20?,21-,22+,25-/m1/s1. The molecule has 4 rings (SSSR count). The van der Waals surface area contributed by atoms with Crippen LogP contribution in [0.15, 0.2) is 36.9 Å². The first-order valence-electron chi connectivity index (χ1n) is 11.4. The normalized spacial score (nSPS) is 31.8. The summed E-state index contributed by atoms with van der Waals surface area (Å²) >= 11 is 0. The van der Waals surface area contributed by atoms with Crippen LogP contribution in [0.1, 0.15) is 50.7 Å². The van der Waals surface area contributed by atoms with Crippen molar-refractivity contribution in [2.75, 3.05) is 13.2 Å². The highest BCUT2D eigenvalue weighted by atomic mass is 16.8. The summed E-state index contributed by atoms with van der Waals surface area (Å²) in [5.41, 5.74) is 1.18. The van der Waals surface area contributed by atoms with Gasteiger partial charge in [-0.2, -0.15) is 0 Å². The van der Waals surface area contributed by atoms with Crippen molar-refractivity contribution in [1.29, 1.82) is 0 Å². The second kappa shape index (κ2) is 9.02. The highest BCUT2D eigenvalue weighted by Crippen LogP contribution is 2.44. The van der Waals surface area contributed by atoms with Gasteiger partial charge in [-0.1, -0.05) is 35.9 Å². The average molecular weight is 430 g/mol. The summed E-state index contributed by atoms with van der Waals surface area (Å²) in [6, 6.07) is 8.18. The van der Waals surface area contributed by atoms with Crippen molar-refractivity contribution in [2.45, 2.75) is 82.8 Å². The molecular weight excluding hydrogens is 394 g/mol. The second-order valence-electron chi connectivity index (χ2n) is 9.63. The Morgan fingerprint density at radius 1 is 1.29 bits per heavy atom. The van der Waals surface area contributed by atoms with Crippen LogP contribution in [0.3, 0.4) is 0 Å². The zero-order chi connectivity index (χ0) is 22.1.